The van der Waals surface area contributed by atoms with E-state index < -0.39 is 24.1 Å². The smallest absolute Gasteiger partial charge is 0.335 e. The van der Waals surface area contributed by atoms with Crippen molar-refractivity contribution in [3.05, 3.63) is 10.0 Å². The number of nitrogens with zero attached hydrogens (tertiary/aromatic N) is 2. The lowest BCUT2D eigenvalue weighted by molar-refractivity contribution is -0.165. The van der Waals surface area contributed by atoms with E-state index in [1.807, 2.05) is 0 Å². The second kappa shape index (κ2) is 13.0. The molecule has 2 unspecified atom stereocenters. The van der Waals surface area contributed by atoms with Gasteiger partial charge in [0.05, 0.1) is 12.0 Å². The summed E-state index contributed by atoms with van der Waals surface area (Å²) in [6.07, 6.45) is -2.12. The van der Waals surface area contributed by atoms with E-state index >= 15 is 0 Å². The Hall–Kier alpha value is -1.50. The first-order valence-corrected chi connectivity index (χ1v) is 10.7. The van der Waals surface area contributed by atoms with Gasteiger partial charge in [0, 0.05) is 19.1 Å². The summed E-state index contributed by atoms with van der Waals surface area (Å²) in [5.41, 5.74) is 0. The van der Waals surface area contributed by atoms with E-state index in [9.17, 15) is 9.59 Å². The molecule has 1 saturated heterocycles. The number of piperidine rings is 1. The number of carboxylic acids is 2. The van der Waals surface area contributed by atoms with Crippen LogP contribution < -0.4 is 10.1 Å². The number of carboxylic acid groups (broad SMARTS) is 2. The fourth-order valence-corrected chi connectivity index (χ4v) is 4.03. The molecule has 0 aromatic carbocycles. The molecule has 172 valence electrons. The van der Waals surface area contributed by atoms with Crippen LogP contribution in [0.5, 0.6) is 5.19 Å². The zero-order valence-corrected chi connectivity index (χ0v) is 18.8. The molecule has 1 aromatic rings. The largest absolute Gasteiger partial charge is 0.479 e. The lowest BCUT2D eigenvalue weighted by Gasteiger charge is -2.35. The van der Waals surface area contributed by atoms with Crippen molar-refractivity contribution in [3.8, 4) is 5.19 Å². The lowest BCUT2D eigenvalue weighted by Crippen LogP contribution is -2.44. The number of aliphatic hydroxyl groups excluding tert-OH is 2. The fourth-order valence-electron chi connectivity index (χ4n) is 2.94. The number of ether oxygens (including phenoxy) is 1. The average molecular weight is 468 g/mol. The van der Waals surface area contributed by atoms with E-state index in [0.29, 0.717) is 22.3 Å². The molecule has 2 rings (SSSR count). The summed E-state index contributed by atoms with van der Waals surface area (Å²) in [5, 5.41) is 37.2. The number of aromatic nitrogens is 1. The lowest BCUT2D eigenvalue weighted by atomic mass is 10.0. The molecule has 30 heavy (non-hydrogen) atoms. The molecule has 12 heteroatoms. The molecule has 0 radical (unpaired) electrons. The number of thiazole rings is 1. The van der Waals surface area contributed by atoms with Crippen LogP contribution >= 0.6 is 22.9 Å². The number of hydrogen-bond donors (Lipinski definition) is 5. The van der Waals surface area contributed by atoms with Gasteiger partial charge in [-0.05, 0) is 31.8 Å². The number of aliphatic hydroxyl groups is 2. The maximum atomic E-state index is 9.77. The Kier molecular flexibility index (Phi) is 11.5. The first kappa shape index (κ1) is 26.5. The summed E-state index contributed by atoms with van der Waals surface area (Å²) < 4.78 is 5.18. The van der Waals surface area contributed by atoms with Gasteiger partial charge in [-0.2, -0.15) is 4.98 Å². The molecule has 2 heterocycles. The van der Waals surface area contributed by atoms with Gasteiger partial charge < -0.3 is 30.5 Å². The standard InChI is InChI=1S/C14H24ClN3OS.C4H6O6/c1-10(2)8-18(11-4-6-16-7-5-11)9-12-13(15)17-14(19-3)20-12;5-1(3(7)8)2(6)4(9)10/h10-11,16H,4-9H2,1-3H3;1-2,5-6H,(H,7,8)(H,9,10). The second-order valence-electron chi connectivity index (χ2n) is 7.27. The van der Waals surface area contributed by atoms with Crippen molar-refractivity contribution in [2.75, 3.05) is 26.7 Å². The van der Waals surface area contributed by atoms with Crippen LogP contribution in [0.25, 0.3) is 0 Å². The van der Waals surface area contributed by atoms with Gasteiger partial charge in [-0.25, -0.2) is 9.59 Å². The second-order valence-corrected chi connectivity index (χ2v) is 8.67. The van der Waals surface area contributed by atoms with Gasteiger partial charge in [-0.3, -0.25) is 4.90 Å². The number of rotatable bonds is 9. The SMILES string of the molecule is COc1nc(Cl)c(CN(CC(C)C)C2CCNCC2)s1.O=C(O)C(O)C(O)C(=O)O. The predicted octanol–water partition coefficient (Wildman–Crippen LogP) is 0.892. The summed E-state index contributed by atoms with van der Waals surface area (Å²) in [7, 11) is 1.64. The summed E-state index contributed by atoms with van der Waals surface area (Å²) in [6, 6.07) is 0.641. The van der Waals surface area contributed by atoms with Gasteiger partial charge in [-0.1, -0.05) is 36.8 Å². The van der Waals surface area contributed by atoms with E-state index in [2.05, 4.69) is 29.0 Å². The molecule has 1 fully saturated rings. The highest BCUT2D eigenvalue weighted by atomic mass is 35.5. The Morgan fingerprint density at radius 3 is 2.17 bits per heavy atom. The summed E-state index contributed by atoms with van der Waals surface area (Å²) in [6.45, 7) is 8.73. The van der Waals surface area contributed by atoms with Crippen molar-refractivity contribution in [1.82, 2.24) is 15.2 Å². The number of carbonyl (C=O) groups is 2. The summed E-state index contributed by atoms with van der Waals surface area (Å²) in [5.74, 6) is -2.89. The van der Waals surface area contributed by atoms with Crippen LogP contribution in [0.3, 0.4) is 0 Å². The van der Waals surface area contributed by atoms with Crippen LogP contribution in [0.1, 0.15) is 31.6 Å². The third-order valence-electron chi connectivity index (χ3n) is 4.38. The summed E-state index contributed by atoms with van der Waals surface area (Å²) >= 11 is 7.78. The Balaban J connectivity index is 0.000000382. The first-order valence-electron chi connectivity index (χ1n) is 9.52. The molecule has 1 aliphatic rings. The van der Waals surface area contributed by atoms with Crippen LogP contribution in [0.4, 0.5) is 0 Å². The quantitative estimate of drug-likeness (QED) is 0.354. The van der Waals surface area contributed by atoms with Crippen molar-refractivity contribution in [1.29, 1.82) is 0 Å². The van der Waals surface area contributed by atoms with E-state index in [-0.39, 0.29) is 0 Å². The van der Waals surface area contributed by atoms with Crippen molar-refractivity contribution < 1.29 is 34.8 Å². The number of nitrogens with one attached hydrogen (secondary N) is 1. The predicted molar refractivity (Wildman–Crippen MR) is 112 cm³/mol. The highest BCUT2D eigenvalue weighted by molar-refractivity contribution is 7.13. The first-order chi connectivity index (χ1) is 14.1. The maximum absolute atomic E-state index is 9.77. The van der Waals surface area contributed by atoms with Crippen molar-refractivity contribution in [3.63, 3.8) is 0 Å². The third kappa shape index (κ3) is 8.70. The highest BCUT2D eigenvalue weighted by Crippen LogP contribution is 2.31. The minimum atomic E-state index is -2.27. The number of aliphatic carboxylic acids is 2. The van der Waals surface area contributed by atoms with Crippen LogP contribution in [-0.2, 0) is 16.1 Å². The van der Waals surface area contributed by atoms with E-state index in [1.54, 1.807) is 18.4 Å². The van der Waals surface area contributed by atoms with Crippen molar-refractivity contribution in [2.45, 2.75) is 51.5 Å². The van der Waals surface area contributed by atoms with Gasteiger partial charge in [0.1, 0.15) is 5.15 Å². The molecule has 5 N–H and O–H groups in total. The van der Waals surface area contributed by atoms with Gasteiger partial charge in [0.2, 0.25) is 0 Å². The summed E-state index contributed by atoms with van der Waals surface area (Å²) in [4.78, 5) is 27.4. The van der Waals surface area contributed by atoms with Crippen molar-refractivity contribution >= 4 is 34.9 Å². The number of halogens is 1. The minimum Gasteiger partial charge on any atom is -0.479 e. The molecule has 10 nitrogen and oxygen atoms in total. The Morgan fingerprint density at radius 2 is 1.77 bits per heavy atom. The number of hydrogen-bond acceptors (Lipinski definition) is 9. The average Bonchev–Trinajstić information content (AvgIpc) is 3.06. The van der Waals surface area contributed by atoms with Gasteiger partial charge >= 0.3 is 11.9 Å². The molecule has 2 atom stereocenters. The Labute approximate surface area is 184 Å². The zero-order valence-electron chi connectivity index (χ0n) is 17.2. The van der Waals surface area contributed by atoms with Crippen LogP contribution in [0.2, 0.25) is 5.15 Å². The molecule has 1 aliphatic heterocycles. The van der Waals surface area contributed by atoms with Gasteiger partial charge in [0.15, 0.2) is 12.2 Å². The number of methoxy groups -OCH3 is 1. The molecular weight excluding hydrogens is 438 g/mol. The van der Waals surface area contributed by atoms with Crippen molar-refractivity contribution in [2.24, 2.45) is 5.92 Å². The molecule has 0 aliphatic carbocycles. The van der Waals surface area contributed by atoms with E-state index in [0.717, 1.165) is 31.1 Å². The van der Waals surface area contributed by atoms with Crippen LogP contribution in [0.15, 0.2) is 0 Å². The highest BCUT2D eigenvalue weighted by Gasteiger charge is 2.29. The molecule has 1 aromatic heterocycles. The molecule has 0 amide bonds. The van der Waals surface area contributed by atoms with E-state index in [1.165, 1.54) is 12.8 Å². The molecule has 0 bridgehead atoms. The Morgan fingerprint density at radius 1 is 1.23 bits per heavy atom. The fraction of sp³-hybridized carbons (Fsp3) is 0.722. The minimum absolute atomic E-state index is 0.592. The van der Waals surface area contributed by atoms with Crippen LogP contribution in [-0.4, -0.2) is 87.2 Å². The van der Waals surface area contributed by atoms with Gasteiger partial charge in [-0.15, -0.1) is 0 Å². The topological polar surface area (TPSA) is 152 Å². The molecule has 0 spiro atoms. The molecule has 0 saturated carbocycles. The molecular formula is C18H30ClN3O7S. The van der Waals surface area contributed by atoms with Gasteiger partial charge in [0.25, 0.3) is 5.19 Å². The normalized spacial score (nSPS) is 16.7. The Bertz CT molecular complexity index is 665. The monoisotopic (exact) mass is 467 g/mol. The third-order valence-corrected chi connectivity index (χ3v) is 5.81. The van der Waals surface area contributed by atoms with Crippen LogP contribution in [0, 0.1) is 5.92 Å². The maximum Gasteiger partial charge on any atom is 0.335 e. The zero-order chi connectivity index (χ0) is 22.8. The van der Waals surface area contributed by atoms with E-state index in [4.69, 9.17) is 36.8 Å².